The van der Waals surface area contributed by atoms with Gasteiger partial charge in [0.1, 0.15) is 0 Å². The standard InChI is InChI=1S/C15H20BrN3OS/c1-10-8-15(2,3)18-14(21)19(10)9-13(20)17-12-6-4-11(16)5-7-12/h4-7,10H,8-9H2,1-3H3,(H,17,20)(H,18,21). The van der Waals surface area contributed by atoms with E-state index in [1.165, 1.54) is 0 Å². The molecular formula is C15H20BrN3OS. The Kier molecular flexibility index (Phi) is 4.88. The topological polar surface area (TPSA) is 44.4 Å². The second kappa shape index (κ2) is 6.32. The number of anilines is 1. The van der Waals surface area contributed by atoms with E-state index < -0.39 is 0 Å². The Labute approximate surface area is 139 Å². The summed E-state index contributed by atoms with van der Waals surface area (Å²) in [7, 11) is 0. The number of carbonyl (C=O) groups is 1. The summed E-state index contributed by atoms with van der Waals surface area (Å²) >= 11 is 8.75. The molecule has 4 nitrogen and oxygen atoms in total. The molecule has 2 rings (SSSR count). The predicted octanol–water partition coefficient (Wildman–Crippen LogP) is 3.13. The third-order valence-electron chi connectivity index (χ3n) is 3.49. The van der Waals surface area contributed by atoms with Gasteiger partial charge in [-0.05, 0) is 63.7 Å². The lowest BCUT2D eigenvalue weighted by molar-refractivity contribution is -0.117. The Morgan fingerprint density at radius 1 is 1.48 bits per heavy atom. The Hall–Kier alpha value is -1.14. The van der Waals surface area contributed by atoms with Crippen LogP contribution in [-0.2, 0) is 4.79 Å². The van der Waals surface area contributed by atoms with E-state index in [1.807, 2.05) is 29.2 Å². The first kappa shape index (κ1) is 16.2. The fourth-order valence-corrected chi connectivity index (χ4v) is 3.36. The van der Waals surface area contributed by atoms with Crippen molar-refractivity contribution in [3.8, 4) is 0 Å². The van der Waals surface area contributed by atoms with Gasteiger partial charge >= 0.3 is 0 Å². The van der Waals surface area contributed by atoms with Gasteiger partial charge < -0.3 is 15.5 Å². The van der Waals surface area contributed by atoms with E-state index in [-0.39, 0.29) is 24.0 Å². The third kappa shape index (κ3) is 4.41. The largest absolute Gasteiger partial charge is 0.358 e. The Bertz CT molecular complexity index is 544. The molecule has 0 spiro atoms. The summed E-state index contributed by atoms with van der Waals surface area (Å²) in [5, 5.41) is 6.82. The smallest absolute Gasteiger partial charge is 0.243 e. The molecule has 2 N–H and O–H groups in total. The summed E-state index contributed by atoms with van der Waals surface area (Å²) in [5.41, 5.74) is 0.766. The maximum Gasteiger partial charge on any atom is 0.243 e. The first-order valence-corrected chi connectivity index (χ1v) is 8.11. The number of rotatable bonds is 3. The van der Waals surface area contributed by atoms with Crippen molar-refractivity contribution in [3.63, 3.8) is 0 Å². The fraction of sp³-hybridized carbons (Fsp3) is 0.467. The lowest BCUT2D eigenvalue weighted by atomic mass is 9.93. The summed E-state index contributed by atoms with van der Waals surface area (Å²) in [6.45, 7) is 6.60. The van der Waals surface area contributed by atoms with Gasteiger partial charge in [0, 0.05) is 21.7 Å². The van der Waals surface area contributed by atoms with Crippen LogP contribution in [-0.4, -0.2) is 34.0 Å². The van der Waals surface area contributed by atoms with Gasteiger partial charge in [0.25, 0.3) is 0 Å². The summed E-state index contributed by atoms with van der Waals surface area (Å²) in [5.74, 6) is -0.0620. The van der Waals surface area contributed by atoms with Crippen molar-refractivity contribution >= 4 is 44.9 Å². The highest BCUT2D eigenvalue weighted by molar-refractivity contribution is 9.10. The molecule has 0 saturated carbocycles. The van der Waals surface area contributed by atoms with E-state index in [2.05, 4.69) is 47.3 Å². The Balaban J connectivity index is 1.96. The number of halogens is 1. The minimum absolute atomic E-state index is 0.0187. The van der Waals surface area contributed by atoms with Gasteiger partial charge in [-0.1, -0.05) is 15.9 Å². The molecule has 0 aromatic heterocycles. The van der Waals surface area contributed by atoms with Crippen LogP contribution in [0.25, 0.3) is 0 Å². The minimum atomic E-state index is -0.0620. The number of benzene rings is 1. The van der Waals surface area contributed by atoms with Crippen LogP contribution in [0.2, 0.25) is 0 Å². The highest BCUT2D eigenvalue weighted by Crippen LogP contribution is 2.22. The zero-order valence-corrected chi connectivity index (χ0v) is 14.8. The zero-order valence-electron chi connectivity index (χ0n) is 12.4. The first-order valence-electron chi connectivity index (χ1n) is 6.91. The fourth-order valence-electron chi connectivity index (χ4n) is 2.58. The molecule has 1 heterocycles. The van der Waals surface area contributed by atoms with Crippen LogP contribution < -0.4 is 10.6 Å². The van der Waals surface area contributed by atoms with Gasteiger partial charge in [-0.15, -0.1) is 0 Å². The van der Waals surface area contributed by atoms with E-state index in [9.17, 15) is 4.79 Å². The van der Waals surface area contributed by atoms with Gasteiger partial charge in [-0.2, -0.15) is 0 Å². The van der Waals surface area contributed by atoms with Gasteiger partial charge in [0.15, 0.2) is 5.11 Å². The molecule has 1 aromatic rings. The lowest BCUT2D eigenvalue weighted by Gasteiger charge is -2.44. The molecule has 0 radical (unpaired) electrons. The number of thiocarbonyl (C=S) groups is 1. The van der Waals surface area contributed by atoms with Crippen molar-refractivity contribution in [1.29, 1.82) is 0 Å². The van der Waals surface area contributed by atoms with E-state index in [0.717, 1.165) is 16.6 Å². The highest BCUT2D eigenvalue weighted by Gasteiger charge is 2.33. The van der Waals surface area contributed by atoms with E-state index >= 15 is 0 Å². The lowest BCUT2D eigenvalue weighted by Crippen LogP contribution is -2.61. The minimum Gasteiger partial charge on any atom is -0.358 e. The van der Waals surface area contributed by atoms with Crippen molar-refractivity contribution in [2.75, 3.05) is 11.9 Å². The van der Waals surface area contributed by atoms with Crippen LogP contribution >= 0.6 is 28.1 Å². The molecule has 1 aliphatic heterocycles. The predicted molar refractivity (Wildman–Crippen MR) is 93.4 cm³/mol. The van der Waals surface area contributed by atoms with E-state index in [1.54, 1.807) is 0 Å². The second-order valence-electron chi connectivity index (χ2n) is 6.05. The zero-order chi connectivity index (χ0) is 15.6. The molecule has 0 aliphatic carbocycles. The van der Waals surface area contributed by atoms with Crippen molar-refractivity contribution in [1.82, 2.24) is 10.2 Å². The van der Waals surface area contributed by atoms with E-state index in [0.29, 0.717) is 5.11 Å². The number of hydrogen-bond acceptors (Lipinski definition) is 2. The molecule has 1 aromatic carbocycles. The van der Waals surface area contributed by atoms with Crippen LogP contribution in [0.4, 0.5) is 5.69 Å². The van der Waals surface area contributed by atoms with Gasteiger partial charge in [-0.3, -0.25) is 4.79 Å². The second-order valence-corrected chi connectivity index (χ2v) is 7.35. The molecule has 1 aliphatic rings. The van der Waals surface area contributed by atoms with Crippen molar-refractivity contribution < 1.29 is 4.79 Å². The molecule has 6 heteroatoms. The van der Waals surface area contributed by atoms with Crippen LogP contribution in [0.5, 0.6) is 0 Å². The molecule has 1 fully saturated rings. The van der Waals surface area contributed by atoms with Gasteiger partial charge in [0.2, 0.25) is 5.91 Å². The normalized spacial score (nSPS) is 20.9. The summed E-state index contributed by atoms with van der Waals surface area (Å²) < 4.78 is 0.984. The summed E-state index contributed by atoms with van der Waals surface area (Å²) in [4.78, 5) is 14.1. The Morgan fingerprint density at radius 3 is 2.67 bits per heavy atom. The number of hydrogen-bond donors (Lipinski definition) is 2. The summed E-state index contributed by atoms with van der Waals surface area (Å²) in [6, 6.07) is 7.76. The highest BCUT2D eigenvalue weighted by atomic mass is 79.9. The number of nitrogens with one attached hydrogen (secondary N) is 2. The quantitative estimate of drug-likeness (QED) is 0.803. The number of amides is 1. The van der Waals surface area contributed by atoms with Crippen molar-refractivity contribution in [2.24, 2.45) is 0 Å². The maximum absolute atomic E-state index is 12.2. The molecule has 0 bridgehead atoms. The van der Waals surface area contributed by atoms with Crippen LogP contribution in [0.1, 0.15) is 27.2 Å². The van der Waals surface area contributed by atoms with E-state index in [4.69, 9.17) is 12.2 Å². The Morgan fingerprint density at radius 2 is 2.10 bits per heavy atom. The van der Waals surface area contributed by atoms with Crippen LogP contribution in [0, 0.1) is 0 Å². The number of nitrogens with zero attached hydrogens (tertiary/aromatic N) is 1. The SMILES string of the molecule is CC1CC(C)(C)NC(=S)N1CC(=O)Nc1ccc(Br)cc1. The monoisotopic (exact) mass is 369 g/mol. The number of carbonyl (C=O) groups excluding carboxylic acids is 1. The molecule has 114 valence electrons. The van der Waals surface area contributed by atoms with Gasteiger partial charge in [0.05, 0.1) is 6.54 Å². The molecule has 1 saturated heterocycles. The van der Waals surface area contributed by atoms with Crippen molar-refractivity contribution in [3.05, 3.63) is 28.7 Å². The molecule has 1 unspecified atom stereocenters. The molecule has 1 amide bonds. The third-order valence-corrected chi connectivity index (χ3v) is 4.35. The molecule has 21 heavy (non-hydrogen) atoms. The average Bonchev–Trinajstić information content (AvgIpc) is 2.36. The van der Waals surface area contributed by atoms with Crippen LogP contribution in [0.15, 0.2) is 28.7 Å². The molecule has 1 atom stereocenters. The van der Waals surface area contributed by atoms with Crippen molar-refractivity contribution in [2.45, 2.75) is 38.8 Å². The summed E-state index contributed by atoms with van der Waals surface area (Å²) in [6.07, 6.45) is 0.943. The van der Waals surface area contributed by atoms with Gasteiger partial charge in [-0.25, -0.2) is 0 Å². The van der Waals surface area contributed by atoms with Crippen LogP contribution in [0.3, 0.4) is 0 Å². The maximum atomic E-state index is 12.2. The molecular weight excluding hydrogens is 350 g/mol. The first-order chi connectivity index (χ1) is 9.77. The average molecular weight is 370 g/mol.